The van der Waals surface area contributed by atoms with Crippen LogP contribution in [0.5, 0.6) is 0 Å². The van der Waals surface area contributed by atoms with Gasteiger partial charge in [0.05, 0.1) is 0 Å². The fourth-order valence-corrected chi connectivity index (χ4v) is 1.38. The minimum atomic E-state index is -0.252. The van der Waals surface area contributed by atoms with Crippen molar-refractivity contribution in [2.24, 2.45) is 5.92 Å². The zero-order valence-corrected chi connectivity index (χ0v) is 9.29. The third-order valence-electron chi connectivity index (χ3n) is 2.01. The lowest BCUT2D eigenvalue weighted by atomic mass is 10.0. The minimum Gasteiger partial charge on any atom is -0.329 e. The van der Waals surface area contributed by atoms with Gasteiger partial charge in [0.25, 0.3) is 0 Å². The Morgan fingerprint density at radius 2 is 2.29 bits per heavy atom. The quantitative estimate of drug-likeness (QED) is 0.407. The maximum Gasteiger partial charge on any atom is 0.211 e. The highest BCUT2D eigenvalue weighted by Gasteiger charge is 2.12. The van der Waals surface area contributed by atoms with Crippen molar-refractivity contribution in [2.75, 3.05) is 0 Å². The summed E-state index contributed by atoms with van der Waals surface area (Å²) in [5.74, 6) is 0.300. The molecular weight excluding hydrogens is 194 g/mol. The third-order valence-corrected chi connectivity index (χ3v) is 2.30. The van der Waals surface area contributed by atoms with Crippen molar-refractivity contribution < 1.29 is 4.79 Å². The number of hydrogen-bond acceptors (Lipinski definition) is 2. The summed E-state index contributed by atoms with van der Waals surface area (Å²) < 4.78 is -0.252. The fourth-order valence-electron chi connectivity index (χ4n) is 1.22. The van der Waals surface area contributed by atoms with Gasteiger partial charge in [0.2, 0.25) is 6.41 Å². The highest BCUT2D eigenvalue weighted by molar-refractivity contribution is 7.82. The van der Waals surface area contributed by atoms with Gasteiger partial charge in [-0.3, -0.25) is 4.79 Å². The Labute approximate surface area is 90.2 Å². The number of carbonyl (C=O) groups is 1. The summed E-state index contributed by atoms with van der Waals surface area (Å²) in [4.78, 5) is 10.3. The van der Waals surface area contributed by atoms with Crippen LogP contribution in [0.15, 0.2) is 36.1 Å². The van der Waals surface area contributed by atoms with Crippen LogP contribution in [0.4, 0.5) is 0 Å². The van der Waals surface area contributed by atoms with Crippen molar-refractivity contribution in [3.05, 3.63) is 36.1 Å². The summed E-state index contributed by atoms with van der Waals surface area (Å²) in [6.07, 6.45) is 10.6. The van der Waals surface area contributed by atoms with Crippen LogP contribution in [0.3, 0.4) is 0 Å². The smallest absolute Gasteiger partial charge is 0.211 e. The molecule has 0 fully saturated rings. The molecule has 14 heavy (non-hydrogen) atoms. The zero-order valence-electron chi connectivity index (χ0n) is 8.40. The summed E-state index contributed by atoms with van der Waals surface area (Å²) in [7, 11) is 0. The number of rotatable bonds is 2. The zero-order chi connectivity index (χ0) is 10.6. The topological polar surface area (TPSA) is 29.1 Å². The van der Waals surface area contributed by atoms with E-state index in [4.69, 9.17) is 0 Å². The fraction of sp³-hybridized carbons (Fsp3) is 0.364. The van der Waals surface area contributed by atoms with E-state index in [2.05, 4.69) is 30.9 Å². The average molecular weight is 209 g/mol. The number of nitrogens with one attached hydrogen (secondary N) is 1. The Bertz CT molecular complexity index is 302. The number of thiol groups is 1. The van der Waals surface area contributed by atoms with Gasteiger partial charge in [-0.15, -0.1) is 0 Å². The van der Waals surface area contributed by atoms with Gasteiger partial charge < -0.3 is 5.32 Å². The molecule has 2 atom stereocenters. The van der Waals surface area contributed by atoms with Gasteiger partial charge in [-0.1, -0.05) is 31.2 Å². The van der Waals surface area contributed by atoms with E-state index in [1.165, 1.54) is 0 Å². The van der Waals surface area contributed by atoms with E-state index in [9.17, 15) is 4.79 Å². The lowest BCUT2D eigenvalue weighted by Gasteiger charge is -2.17. The van der Waals surface area contributed by atoms with Gasteiger partial charge >= 0.3 is 0 Å². The van der Waals surface area contributed by atoms with E-state index >= 15 is 0 Å². The summed E-state index contributed by atoms with van der Waals surface area (Å²) in [5, 5.41) is 2.65. The van der Waals surface area contributed by atoms with E-state index in [0.29, 0.717) is 12.3 Å². The number of amides is 1. The van der Waals surface area contributed by atoms with Crippen LogP contribution in [0.1, 0.15) is 13.8 Å². The molecule has 0 saturated heterocycles. The predicted molar refractivity (Wildman–Crippen MR) is 62.1 cm³/mol. The molecule has 1 aliphatic rings. The Hall–Kier alpha value is -0.960. The maximum atomic E-state index is 10.3. The Balaban J connectivity index is 2.94. The van der Waals surface area contributed by atoms with Crippen LogP contribution >= 0.6 is 12.6 Å². The molecular formula is C11H15NOS. The van der Waals surface area contributed by atoms with Gasteiger partial charge in [0.15, 0.2) is 0 Å². The summed E-state index contributed by atoms with van der Waals surface area (Å²) in [5.41, 5.74) is 0.817. The standard InChI is InChI=1S/C11H15NOS/c1-9-3-5-11(2,14)6-4-10(7-9)12-8-13/h3-9,14H,1-2H3,(H,12,13)/b5-3-,6-4-,10-7?. The van der Waals surface area contributed by atoms with Gasteiger partial charge in [0, 0.05) is 10.4 Å². The molecule has 1 rings (SSSR count). The van der Waals surface area contributed by atoms with E-state index in [1.54, 1.807) is 0 Å². The first-order chi connectivity index (χ1) is 6.53. The van der Waals surface area contributed by atoms with Crippen LogP contribution in [0.25, 0.3) is 0 Å². The number of allylic oxidation sites excluding steroid dienone is 3. The third kappa shape index (κ3) is 3.42. The Morgan fingerprint density at radius 1 is 1.57 bits per heavy atom. The van der Waals surface area contributed by atoms with Crippen molar-refractivity contribution in [1.82, 2.24) is 5.32 Å². The number of carbonyl (C=O) groups excluding carboxylic acids is 1. The lowest BCUT2D eigenvalue weighted by molar-refractivity contribution is -0.108. The molecule has 3 heteroatoms. The van der Waals surface area contributed by atoms with Gasteiger partial charge in [-0.2, -0.15) is 12.6 Å². The van der Waals surface area contributed by atoms with E-state index < -0.39 is 0 Å². The first-order valence-corrected chi connectivity index (χ1v) is 5.01. The normalized spacial score (nSPS) is 36.2. The molecule has 0 spiro atoms. The van der Waals surface area contributed by atoms with Crippen molar-refractivity contribution in [2.45, 2.75) is 18.6 Å². The maximum absolute atomic E-state index is 10.3. The van der Waals surface area contributed by atoms with Crippen molar-refractivity contribution in [3.8, 4) is 0 Å². The van der Waals surface area contributed by atoms with Crippen LogP contribution in [0, 0.1) is 5.92 Å². The SMILES string of the molecule is CC1C=C(NC=O)/C=C\C(C)(S)/C=C\1. The molecule has 76 valence electrons. The molecule has 0 aromatic rings. The van der Waals surface area contributed by atoms with Crippen molar-refractivity contribution in [3.63, 3.8) is 0 Å². The van der Waals surface area contributed by atoms with E-state index in [1.807, 2.05) is 31.2 Å². The van der Waals surface area contributed by atoms with Crippen molar-refractivity contribution >= 4 is 19.0 Å². The molecule has 0 heterocycles. The predicted octanol–water partition coefficient (Wildman–Crippen LogP) is 2.07. The molecule has 1 N–H and O–H groups in total. The highest BCUT2D eigenvalue weighted by Crippen LogP contribution is 2.21. The summed E-state index contributed by atoms with van der Waals surface area (Å²) in [6, 6.07) is 0. The van der Waals surface area contributed by atoms with Crippen LogP contribution in [0.2, 0.25) is 0 Å². The lowest BCUT2D eigenvalue weighted by Crippen LogP contribution is -2.14. The highest BCUT2D eigenvalue weighted by atomic mass is 32.1. The number of hydrogen-bond donors (Lipinski definition) is 2. The first-order valence-electron chi connectivity index (χ1n) is 4.56. The second-order valence-corrected chi connectivity index (χ2v) is 4.63. The largest absolute Gasteiger partial charge is 0.329 e. The second-order valence-electron chi connectivity index (χ2n) is 3.66. The molecule has 0 aromatic heterocycles. The molecule has 0 aliphatic heterocycles. The van der Waals surface area contributed by atoms with Crippen molar-refractivity contribution in [1.29, 1.82) is 0 Å². The van der Waals surface area contributed by atoms with Crippen LogP contribution < -0.4 is 5.32 Å². The van der Waals surface area contributed by atoms with Gasteiger partial charge in [0.1, 0.15) is 0 Å². The molecule has 1 amide bonds. The van der Waals surface area contributed by atoms with E-state index in [-0.39, 0.29) is 4.75 Å². The summed E-state index contributed by atoms with van der Waals surface area (Å²) >= 11 is 4.47. The monoisotopic (exact) mass is 209 g/mol. The first kappa shape index (κ1) is 11.1. The average Bonchev–Trinajstić information content (AvgIpc) is 2.10. The summed E-state index contributed by atoms with van der Waals surface area (Å²) in [6.45, 7) is 4.06. The molecule has 0 radical (unpaired) electrons. The molecule has 0 bridgehead atoms. The van der Waals surface area contributed by atoms with Gasteiger partial charge in [-0.25, -0.2) is 0 Å². The molecule has 2 unspecified atom stereocenters. The van der Waals surface area contributed by atoms with Crippen LogP contribution in [-0.4, -0.2) is 11.2 Å². The van der Waals surface area contributed by atoms with Gasteiger partial charge in [-0.05, 0) is 18.9 Å². The second kappa shape index (κ2) is 4.51. The molecule has 1 aliphatic carbocycles. The Morgan fingerprint density at radius 3 is 2.93 bits per heavy atom. The molecule has 0 aromatic carbocycles. The minimum absolute atomic E-state index is 0.252. The molecule has 0 saturated carbocycles. The Kier molecular flexibility index (Phi) is 3.58. The molecule has 2 nitrogen and oxygen atoms in total. The van der Waals surface area contributed by atoms with E-state index in [0.717, 1.165) is 5.70 Å². The van der Waals surface area contributed by atoms with Crippen LogP contribution in [-0.2, 0) is 4.79 Å².